The largest absolute Gasteiger partial charge is 0.493 e. The SMILES string of the molecule is CCCN(CC(=O)N(CCc1ccc(OC)c(OC)c1)Cc1cccs1)C(=O)c1cccc(F)c1. The van der Waals surface area contributed by atoms with Crippen molar-refractivity contribution >= 4 is 23.2 Å². The monoisotopic (exact) mass is 498 g/mol. The van der Waals surface area contributed by atoms with Crippen molar-refractivity contribution in [2.24, 2.45) is 0 Å². The van der Waals surface area contributed by atoms with Crippen LogP contribution in [0.4, 0.5) is 4.39 Å². The van der Waals surface area contributed by atoms with Crippen LogP contribution >= 0.6 is 11.3 Å². The molecule has 2 amide bonds. The molecule has 3 aromatic rings. The van der Waals surface area contributed by atoms with Gasteiger partial charge in [-0.15, -0.1) is 11.3 Å². The summed E-state index contributed by atoms with van der Waals surface area (Å²) in [5.74, 6) is 0.297. The molecule has 8 heteroatoms. The van der Waals surface area contributed by atoms with Crippen LogP contribution in [0.5, 0.6) is 11.5 Å². The highest BCUT2D eigenvalue weighted by Crippen LogP contribution is 2.28. The van der Waals surface area contributed by atoms with Crippen LogP contribution in [-0.4, -0.2) is 55.5 Å². The second-order valence-electron chi connectivity index (χ2n) is 8.07. The fraction of sp³-hybridized carbons (Fsp3) is 0.333. The lowest BCUT2D eigenvalue weighted by atomic mass is 10.1. The van der Waals surface area contributed by atoms with Gasteiger partial charge in [0.2, 0.25) is 5.91 Å². The Morgan fingerprint density at radius 1 is 0.943 bits per heavy atom. The Bertz CT molecular complexity index is 1120. The first-order valence-corrected chi connectivity index (χ1v) is 12.4. The lowest BCUT2D eigenvalue weighted by Crippen LogP contribution is -2.43. The Balaban J connectivity index is 1.76. The van der Waals surface area contributed by atoms with Gasteiger partial charge >= 0.3 is 0 Å². The summed E-state index contributed by atoms with van der Waals surface area (Å²) in [4.78, 5) is 30.8. The maximum absolute atomic E-state index is 13.7. The molecular formula is C27H31FN2O4S. The number of carbonyl (C=O) groups is 2. The van der Waals surface area contributed by atoms with Crippen LogP contribution < -0.4 is 9.47 Å². The minimum atomic E-state index is -0.479. The third-order valence-electron chi connectivity index (χ3n) is 5.58. The minimum absolute atomic E-state index is 0.0690. The van der Waals surface area contributed by atoms with Gasteiger partial charge < -0.3 is 19.3 Å². The first-order valence-electron chi connectivity index (χ1n) is 11.5. The van der Waals surface area contributed by atoms with E-state index in [1.165, 1.54) is 23.1 Å². The number of benzene rings is 2. The van der Waals surface area contributed by atoms with E-state index in [-0.39, 0.29) is 23.9 Å². The zero-order valence-electron chi connectivity index (χ0n) is 20.3. The summed E-state index contributed by atoms with van der Waals surface area (Å²) in [5, 5.41) is 1.98. The molecule has 0 saturated carbocycles. The molecule has 0 fully saturated rings. The topological polar surface area (TPSA) is 59.1 Å². The standard InChI is InChI=1S/C27H31FN2O4S/c1-4-13-30(27(32)21-7-5-8-22(28)17-21)19-26(31)29(18-23-9-6-15-35-23)14-12-20-10-11-24(33-2)25(16-20)34-3/h5-11,15-17H,4,12-14,18-19H2,1-3H3. The third kappa shape index (κ3) is 7.29. The summed E-state index contributed by atoms with van der Waals surface area (Å²) < 4.78 is 24.4. The summed E-state index contributed by atoms with van der Waals surface area (Å²) in [7, 11) is 3.18. The van der Waals surface area contributed by atoms with E-state index in [9.17, 15) is 14.0 Å². The zero-order chi connectivity index (χ0) is 25.2. The van der Waals surface area contributed by atoms with Gasteiger partial charge in [-0.1, -0.05) is 25.1 Å². The Morgan fingerprint density at radius 2 is 1.74 bits per heavy atom. The Labute approximate surface area is 209 Å². The van der Waals surface area contributed by atoms with Gasteiger partial charge in [-0.25, -0.2) is 4.39 Å². The van der Waals surface area contributed by atoms with Crippen LogP contribution in [0.2, 0.25) is 0 Å². The van der Waals surface area contributed by atoms with Crippen molar-refractivity contribution in [1.29, 1.82) is 0 Å². The normalized spacial score (nSPS) is 10.6. The molecule has 0 aliphatic heterocycles. The number of methoxy groups -OCH3 is 2. The lowest BCUT2D eigenvalue weighted by Gasteiger charge is -2.27. The molecule has 0 bridgehead atoms. The van der Waals surface area contributed by atoms with Crippen molar-refractivity contribution in [3.8, 4) is 11.5 Å². The van der Waals surface area contributed by atoms with E-state index in [1.54, 1.807) is 36.5 Å². The van der Waals surface area contributed by atoms with Crippen molar-refractivity contribution < 1.29 is 23.5 Å². The van der Waals surface area contributed by atoms with Crippen molar-refractivity contribution in [2.75, 3.05) is 33.9 Å². The van der Waals surface area contributed by atoms with Gasteiger partial charge in [0.25, 0.3) is 5.91 Å². The molecular weight excluding hydrogens is 467 g/mol. The average Bonchev–Trinajstić information content (AvgIpc) is 3.38. The van der Waals surface area contributed by atoms with Crippen molar-refractivity contribution in [3.63, 3.8) is 0 Å². The average molecular weight is 499 g/mol. The zero-order valence-corrected chi connectivity index (χ0v) is 21.1. The number of nitrogens with zero attached hydrogens (tertiary/aromatic N) is 2. The number of amides is 2. The first-order chi connectivity index (χ1) is 16.9. The molecule has 0 spiro atoms. The van der Waals surface area contributed by atoms with Gasteiger partial charge in [-0.2, -0.15) is 0 Å². The number of carbonyl (C=O) groups excluding carboxylic acids is 2. The molecule has 3 rings (SSSR count). The third-order valence-corrected chi connectivity index (χ3v) is 6.44. The Morgan fingerprint density at radius 3 is 2.40 bits per heavy atom. The fourth-order valence-electron chi connectivity index (χ4n) is 3.77. The molecule has 2 aromatic carbocycles. The smallest absolute Gasteiger partial charge is 0.254 e. The number of hydrogen-bond acceptors (Lipinski definition) is 5. The van der Waals surface area contributed by atoms with Crippen molar-refractivity contribution in [2.45, 2.75) is 26.3 Å². The molecule has 0 saturated heterocycles. The molecule has 0 aliphatic carbocycles. The summed E-state index contributed by atoms with van der Waals surface area (Å²) in [6.07, 6.45) is 1.30. The first kappa shape index (κ1) is 26.2. The maximum atomic E-state index is 13.7. The van der Waals surface area contributed by atoms with Crippen LogP contribution in [0.1, 0.15) is 34.1 Å². The molecule has 0 N–H and O–H groups in total. The van der Waals surface area contributed by atoms with Crippen LogP contribution in [0.25, 0.3) is 0 Å². The molecule has 1 heterocycles. The minimum Gasteiger partial charge on any atom is -0.493 e. The summed E-state index contributed by atoms with van der Waals surface area (Å²) in [6.45, 7) is 3.21. The highest BCUT2D eigenvalue weighted by molar-refractivity contribution is 7.09. The predicted molar refractivity (Wildman–Crippen MR) is 136 cm³/mol. The van der Waals surface area contributed by atoms with E-state index in [4.69, 9.17) is 9.47 Å². The van der Waals surface area contributed by atoms with Gasteiger partial charge in [0.05, 0.1) is 20.8 Å². The fourth-order valence-corrected chi connectivity index (χ4v) is 4.49. The predicted octanol–water partition coefficient (Wildman–Crippen LogP) is 5.03. The van der Waals surface area contributed by atoms with E-state index < -0.39 is 5.82 Å². The van der Waals surface area contributed by atoms with Gasteiger partial charge in [0, 0.05) is 23.5 Å². The number of ether oxygens (including phenoxy) is 2. The molecule has 0 radical (unpaired) electrons. The molecule has 0 aliphatic rings. The maximum Gasteiger partial charge on any atom is 0.254 e. The Hall–Kier alpha value is -3.39. The second kappa shape index (κ2) is 12.9. The van der Waals surface area contributed by atoms with E-state index in [0.717, 1.165) is 10.4 Å². The van der Waals surface area contributed by atoms with Crippen LogP contribution in [-0.2, 0) is 17.8 Å². The number of rotatable bonds is 12. The molecule has 0 unspecified atom stereocenters. The summed E-state index contributed by atoms with van der Waals surface area (Å²) >= 11 is 1.58. The highest BCUT2D eigenvalue weighted by Gasteiger charge is 2.23. The van der Waals surface area contributed by atoms with Crippen molar-refractivity contribution in [3.05, 3.63) is 81.8 Å². The molecule has 186 valence electrons. The molecule has 35 heavy (non-hydrogen) atoms. The van der Waals surface area contributed by atoms with Crippen LogP contribution in [0, 0.1) is 5.82 Å². The van der Waals surface area contributed by atoms with Gasteiger partial charge in [0.15, 0.2) is 11.5 Å². The number of thiophene rings is 1. The van der Waals surface area contributed by atoms with Crippen LogP contribution in [0.3, 0.4) is 0 Å². The quantitative estimate of drug-likeness (QED) is 0.352. The van der Waals surface area contributed by atoms with Crippen molar-refractivity contribution in [1.82, 2.24) is 9.80 Å². The highest BCUT2D eigenvalue weighted by atomic mass is 32.1. The Kier molecular flexibility index (Phi) is 9.66. The van der Waals surface area contributed by atoms with Crippen LogP contribution in [0.15, 0.2) is 60.0 Å². The van der Waals surface area contributed by atoms with Gasteiger partial charge in [-0.3, -0.25) is 9.59 Å². The number of hydrogen-bond donors (Lipinski definition) is 0. The lowest BCUT2D eigenvalue weighted by molar-refractivity contribution is -0.132. The molecule has 1 aromatic heterocycles. The number of halogens is 1. The summed E-state index contributed by atoms with van der Waals surface area (Å²) in [5.41, 5.74) is 1.24. The molecule has 0 atom stereocenters. The van der Waals surface area contributed by atoms with Gasteiger partial charge in [0.1, 0.15) is 12.4 Å². The van der Waals surface area contributed by atoms with E-state index in [1.807, 2.05) is 42.6 Å². The van der Waals surface area contributed by atoms with E-state index in [2.05, 4.69) is 0 Å². The van der Waals surface area contributed by atoms with E-state index >= 15 is 0 Å². The van der Waals surface area contributed by atoms with E-state index in [0.29, 0.717) is 44.0 Å². The summed E-state index contributed by atoms with van der Waals surface area (Å²) in [6, 6.07) is 15.2. The van der Waals surface area contributed by atoms with Gasteiger partial charge in [-0.05, 0) is 60.2 Å². The second-order valence-corrected chi connectivity index (χ2v) is 9.10. The molecule has 6 nitrogen and oxygen atoms in total.